The number of nitrogens with zero attached hydrogens (tertiary/aromatic N) is 1. The molecule has 1 aromatic carbocycles. The van der Waals surface area contributed by atoms with Crippen molar-refractivity contribution in [1.29, 1.82) is 0 Å². The van der Waals surface area contributed by atoms with Gasteiger partial charge in [-0.1, -0.05) is 36.8 Å². The van der Waals surface area contributed by atoms with Crippen LogP contribution >= 0.6 is 0 Å². The molecule has 0 saturated heterocycles. The molecule has 5 nitrogen and oxygen atoms in total. The molecule has 2 aliphatic rings. The van der Waals surface area contributed by atoms with Crippen LogP contribution in [-0.2, 0) is 25.7 Å². The molecule has 4 atom stereocenters. The zero-order valence-electron chi connectivity index (χ0n) is 18.0. The lowest BCUT2D eigenvalue weighted by Crippen LogP contribution is -2.50. The van der Waals surface area contributed by atoms with Crippen molar-refractivity contribution < 1.29 is 19.1 Å². The predicted molar refractivity (Wildman–Crippen MR) is 111 cm³/mol. The quantitative estimate of drug-likeness (QED) is 0.698. The lowest BCUT2D eigenvalue weighted by molar-refractivity contribution is -0.167. The second-order valence-corrected chi connectivity index (χ2v) is 9.56. The van der Waals surface area contributed by atoms with Crippen LogP contribution in [0, 0.1) is 17.8 Å². The lowest BCUT2D eigenvalue weighted by Gasteiger charge is -2.38. The number of hydrogen-bond donors (Lipinski definition) is 0. The van der Waals surface area contributed by atoms with Gasteiger partial charge in [0.15, 0.2) is 6.10 Å². The molecular formula is C24H33NO4. The molecule has 0 N–H and O–H groups in total. The zero-order valence-corrected chi connectivity index (χ0v) is 18.0. The fourth-order valence-electron chi connectivity index (χ4n) is 4.62. The SMILES string of the molecule is C[C@H](OC(=O)C1C[C@H]2CCC[C@@H](C1)C2=O)C(=O)N(Cc1ccccc1)C(C)(C)C. The highest BCUT2D eigenvalue weighted by molar-refractivity contribution is 5.88. The van der Waals surface area contributed by atoms with Crippen LogP contribution < -0.4 is 0 Å². The Kier molecular flexibility index (Phi) is 6.45. The maximum absolute atomic E-state index is 13.2. The summed E-state index contributed by atoms with van der Waals surface area (Å²) in [6.45, 7) is 8.06. The van der Waals surface area contributed by atoms with Crippen molar-refractivity contribution in [2.75, 3.05) is 0 Å². The average Bonchev–Trinajstić information content (AvgIpc) is 2.65. The summed E-state index contributed by atoms with van der Waals surface area (Å²) in [6, 6.07) is 9.82. The molecule has 1 amide bonds. The van der Waals surface area contributed by atoms with Crippen molar-refractivity contribution in [1.82, 2.24) is 4.90 Å². The topological polar surface area (TPSA) is 63.7 Å². The van der Waals surface area contributed by atoms with Crippen LogP contribution in [0.25, 0.3) is 0 Å². The van der Waals surface area contributed by atoms with E-state index in [1.54, 1.807) is 11.8 Å². The van der Waals surface area contributed by atoms with Crippen molar-refractivity contribution in [2.24, 2.45) is 17.8 Å². The molecule has 5 heteroatoms. The maximum atomic E-state index is 13.2. The number of hydrogen-bond acceptors (Lipinski definition) is 4. The first kappa shape index (κ1) is 21.5. The van der Waals surface area contributed by atoms with Crippen molar-refractivity contribution in [3.8, 4) is 0 Å². The van der Waals surface area contributed by atoms with Gasteiger partial charge in [-0.25, -0.2) is 0 Å². The van der Waals surface area contributed by atoms with Crippen molar-refractivity contribution in [2.45, 2.75) is 78.0 Å². The number of amides is 1. The molecule has 3 rings (SSSR count). The van der Waals surface area contributed by atoms with E-state index in [-0.39, 0.29) is 29.6 Å². The summed E-state index contributed by atoms with van der Waals surface area (Å²) in [7, 11) is 0. The van der Waals surface area contributed by atoms with Crippen molar-refractivity contribution in [3.63, 3.8) is 0 Å². The zero-order chi connectivity index (χ0) is 21.2. The fraction of sp³-hybridized carbons (Fsp3) is 0.625. The average molecular weight is 400 g/mol. The number of carbonyl (C=O) groups is 3. The third-order valence-electron chi connectivity index (χ3n) is 6.28. The van der Waals surface area contributed by atoms with Gasteiger partial charge in [-0.15, -0.1) is 0 Å². The largest absolute Gasteiger partial charge is 0.452 e. The van der Waals surface area contributed by atoms with E-state index >= 15 is 0 Å². The van der Waals surface area contributed by atoms with Crippen LogP contribution in [0.5, 0.6) is 0 Å². The Labute approximate surface area is 173 Å². The number of Topliss-reactive ketones (excluding diaryl/α,β-unsaturated/α-hetero) is 1. The fourth-order valence-corrected chi connectivity index (χ4v) is 4.62. The molecule has 0 spiro atoms. The summed E-state index contributed by atoms with van der Waals surface area (Å²) in [5.41, 5.74) is 0.634. The van der Waals surface area contributed by atoms with Gasteiger partial charge in [-0.05, 0) is 58.9 Å². The minimum atomic E-state index is -0.845. The maximum Gasteiger partial charge on any atom is 0.309 e. The minimum Gasteiger partial charge on any atom is -0.452 e. The first-order valence-corrected chi connectivity index (χ1v) is 10.8. The van der Waals surface area contributed by atoms with Crippen LogP contribution in [0.1, 0.15) is 65.4 Å². The monoisotopic (exact) mass is 399 g/mol. The molecule has 29 heavy (non-hydrogen) atoms. The predicted octanol–water partition coefficient (Wildman–Crippen LogP) is 4.14. The van der Waals surface area contributed by atoms with E-state index < -0.39 is 11.6 Å². The number of rotatable bonds is 5. The number of ether oxygens (including phenoxy) is 1. The van der Waals surface area contributed by atoms with Gasteiger partial charge in [0.25, 0.3) is 5.91 Å². The number of esters is 1. The molecule has 1 unspecified atom stereocenters. The lowest BCUT2D eigenvalue weighted by atomic mass is 9.67. The highest BCUT2D eigenvalue weighted by Crippen LogP contribution is 2.40. The summed E-state index contributed by atoms with van der Waals surface area (Å²) in [5, 5.41) is 0. The van der Waals surface area contributed by atoms with E-state index in [4.69, 9.17) is 4.74 Å². The van der Waals surface area contributed by atoms with Crippen LogP contribution in [0.3, 0.4) is 0 Å². The minimum absolute atomic E-state index is 0.00443. The molecule has 0 aliphatic heterocycles. The number of benzene rings is 1. The van der Waals surface area contributed by atoms with Gasteiger partial charge >= 0.3 is 5.97 Å². The highest BCUT2D eigenvalue weighted by atomic mass is 16.5. The number of ketones is 1. The van der Waals surface area contributed by atoms with Gasteiger partial charge in [0.05, 0.1) is 5.92 Å². The van der Waals surface area contributed by atoms with Crippen LogP contribution in [0.15, 0.2) is 30.3 Å². The third-order valence-corrected chi connectivity index (χ3v) is 6.28. The normalized spacial score (nSPS) is 25.2. The summed E-state index contributed by atoms with van der Waals surface area (Å²) in [6.07, 6.45) is 3.12. The Morgan fingerprint density at radius 3 is 2.24 bits per heavy atom. The Morgan fingerprint density at radius 2 is 1.69 bits per heavy atom. The molecule has 1 aromatic rings. The summed E-state index contributed by atoms with van der Waals surface area (Å²) >= 11 is 0. The first-order valence-electron chi connectivity index (χ1n) is 10.8. The standard InChI is InChI=1S/C24H33NO4/c1-16(22(27)25(24(2,3)4)15-17-9-6-5-7-10-17)29-23(28)20-13-18-11-8-12-19(14-20)21(18)26/h5-7,9-10,16,18-20H,8,11-15H2,1-4H3/t16-,18-,19+,20?/m0/s1. The summed E-state index contributed by atoms with van der Waals surface area (Å²) < 4.78 is 5.62. The summed E-state index contributed by atoms with van der Waals surface area (Å²) in [4.78, 5) is 40.0. The molecule has 2 bridgehead atoms. The number of carbonyl (C=O) groups excluding carboxylic acids is 3. The van der Waals surface area contributed by atoms with E-state index in [2.05, 4.69) is 0 Å². The highest BCUT2D eigenvalue weighted by Gasteiger charge is 2.42. The van der Waals surface area contributed by atoms with Crippen molar-refractivity contribution in [3.05, 3.63) is 35.9 Å². The summed E-state index contributed by atoms with van der Waals surface area (Å²) in [5.74, 6) is -0.474. The Balaban J connectivity index is 1.64. The van der Waals surface area contributed by atoms with E-state index in [1.807, 2.05) is 51.1 Å². The van der Waals surface area contributed by atoms with Gasteiger partial charge < -0.3 is 9.64 Å². The van der Waals surface area contributed by atoms with Gasteiger partial charge in [0.2, 0.25) is 0 Å². The first-order chi connectivity index (χ1) is 13.7. The Morgan fingerprint density at radius 1 is 1.10 bits per heavy atom. The molecule has 0 radical (unpaired) electrons. The molecule has 2 saturated carbocycles. The molecule has 0 heterocycles. The second kappa shape index (κ2) is 8.68. The molecule has 2 fully saturated rings. The van der Waals surface area contributed by atoms with Crippen LogP contribution in [0.2, 0.25) is 0 Å². The Hall–Kier alpha value is -2.17. The van der Waals surface area contributed by atoms with Crippen LogP contribution in [0.4, 0.5) is 0 Å². The molecule has 2 aliphatic carbocycles. The molecule has 158 valence electrons. The third kappa shape index (κ3) is 5.06. The molecular weight excluding hydrogens is 366 g/mol. The molecule has 0 aromatic heterocycles. The van der Waals surface area contributed by atoms with Crippen LogP contribution in [-0.4, -0.2) is 34.2 Å². The van der Waals surface area contributed by atoms with E-state index in [0.29, 0.717) is 25.2 Å². The van der Waals surface area contributed by atoms with E-state index in [0.717, 1.165) is 24.8 Å². The van der Waals surface area contributed by atoms with Gasteiger partial charge in [-0.3, -0.25) is 14.4 Å². The van der Waals surface area contributed by atoms with Crippen molar-refractivity contribution >= 4 is 17.7 Å². The van der Waals surface area contributed by atoms with E-state index in [1.165, 1.54) is 0 Å². The van der Waals surface area contributed by atoms with Gasteiger partial charge in [0, 0.05) is 23.9 Å². The smallest absolute Gasteiger partial charge is 0.309 e. The Bertz CT molecular complexity index is 736. The second-order valence-electron chi connectivity index (χ2n) is 9.56. The van der Waals surface area contributed by atoms with E-state index in [9.17, 15) is 14.4 Å². The number of fused-ring (bicyclic) bond motifs is 2. The van der Waals surface area contributed by atoms with Gasteiger partial charge in [0.1, 0.15) is 5.78 Å². The van der Waals surface area contributed by atoms with Gasteiger partial charge in [-0.2, -0.15) is 0 Å².